The van der Waals surface area contributed by atoms with Crippen LogP contribution in [0.2, 0.25) is 0 Å². The van der Waals surface area contributed by atoms with Crippen LogP contribution in [0.15, 0.2) is 0 Å². The molecule has 0 atom stereocenters. The third kappa shape index (κ3) is 6.21. The molecule has 0 amide bonds. The molecule has 4 heterocycles. The topological polar surface area (TPSA) is 115 Å². The van der Waals surface area contributed by atoms with E-state index >= 15 is 0 Å². The van der Waals surface area contributed by atoms with Gasteiger partial charge in [-0.25, -0.2) is 0 Å². The minimum atomic E-state index is -0.205. The van der Waals surface area contributed by atoms with Gasteiger partial charge in [0.05, 0.1) is 0 Å². The molecule has 8 nitrogen and oxygen atoms in total. The van der Waals surface area contributed by atoms with E-state index < -0.39 is 0 Å². The van der Waals surface area contributed by atoms with Gasteiger partial charge in [0, 0.05) is 0 Å². The van der Waals surface area contributed by atoms with Crippen LogP contribution < -0.4 is 36.4 Å². The first kappa shape index (κ1) is 36.2. The van der Waals surface area contributed by atoms with Gasteiger partial charge in [-0.15, -0.1) is 0 Å². The maximum atomic E-state index is 5.08. The van der Waals surface area contributed by atoms with Crippen LogP contribution in [0.25, 0.3) is 56.7 Å². The van der Waals surface area contributed by atoms with E-state index in [2.05, 4.69) is 181 Å². The monoisotopic (exact) mass is 724 g/mol. The van der Waals surface area contributed by atoms with E-state index in [0.29, 0.717) is 0 Å². The number of nitrogens with one attached hydrogen (secondary N) is 4. The van der Waals surface area contributed by atoms with E-state index in [1.165, 1.54) is 0 Å². The van der Waals surface area contributed by atoms with Gasteiger partial charge >= 0.3 is 277 Å². The summed E-state index contributed by atoms with van der Waals surface area (Å²) in [5.74, 6) is 3.29. The Morgan fingerprint density at radius 2 is 0.660 bits per heavy atom. The Balaban J connectivity index is 1.82. The summed E-state index contributed by atoms with van der Waals surface area (Å²) in [6, 6.07) is 0. The number of hydrogen-bond donors (Lipinski definition) is 4. The Kier molecular flexibility index (Phi) is 10.7. The zero-order valence-corrected chi connectivity index (χ0v) is 36.4. The standard InChI is InChI=1S/C30H22N8.CH2.8Al/c1-15-21(16(2)24(28-33-9-10-34-28)19(5)23(15)27-31-7-8-32-27)22-17(3)25(29-35-11-12-36-29)20(6)26(18(22)4)30-37-13-14-38-30;;;;;;;;;/h1-6H3,(H,31,32)(H,33,34)(H,35,36)(H,37,38);1H2;;;;;;;;. The molecule has 0 aliphatic heterocycles. The number of hydrogen-bond acceptors (Lipinski definition) is 4. The molecule has 0 saturated heterocycles. The van der Waals surface area contributed by atoms with Crippen LogP contribution in [-0.2, 0) is 0 Å². The molecule has 2 aromatic carbocycles. The van der Waals surface area contributed by atoms with Crippen molar-refractivity contribution in [2.24, 2.45) is 0 Å². The zero-order chi connectivity index (χ0) is 34.2. The Morgan fingerprint density at radius 1 is 0.404 bits per heavy atom. The number of rotatable bonds is 6. The number of nitrogens with zero attached hydrogens (tertiary/aromatic N) is 4. The summed E-state index contributed by atoms with van der Waals surface area (Å²) in [4.78, 5) is 34.1. The van der Waals surface area contributed by atoms with Crippen molar-refractivity contribution in [3.8, 4) is 56.7 Å². The van der Waals surface area contributed by atoms with Gasteiger partial charge in [0.25, 0.3) is 0 Å². The SMILES string of the molecule is [CH2]=[Al][c]1nc(-c2c(C)c(-c3n[c]([Al])[c]([Al])[nH]3)c(C)c(-c3c(C)c(-c4n[c]([Al])[c]([Al])[nH]4)c(C)c(-c4n[c]([Al])[c]([Al])[nH]4)c3C)c2C)[nH][c]1[Al]. The van der Waals surface area contributed by atoms with E-state index in [9.17, 15) is 0 Å². The fourth-order valence-electron chi connectivity index (χ4n) is 6.84. The van der Waals surface area contributed by atoms with Crippen molar-refractivity contribution in [1.29, 1.82) is 0 Å². The van der Waals surface area contributed by atoms with Crippen molar-refractivity contribution in [3.63, 3.8) is 0 Å². The van der Waals surface area contributed by atoms with Crippen molar-refractivity contribution in [3.05, 3.63) is 33.4 Å². The third-order valence-corrected chi connectivity index (χ3v) is 14.2. The summed E-state index contributed by atoms with van der Waals surface area (Å²) in [6.45, 7) is 13.2. The zero-order valence-electron chi connectivity index (χ0n) is 27.1. The van der Waals surface area contributed by atoms with Crippen molar-refractivity contribution in [2.75, 3.05) is 0 Å². The van der Waals surface area contributed by atoms with E-state index in [0.717, 1.165) is 127 Å². The molecular weight excluding hydrogens is 700 g/mol. The number of aromatic nitrogens is 8. The molecule has 212 valence electrons. The molecule has 0 unspecified atom stereocenters. The third-order valence-electron chi connectivity index (χ3n) is 8.94. The number of benzene rings is 2. The Hall–Kier alpha value is -0.590. The van der Waals surface area contributed by atoms with E-state index in [1.54, 1.807) is 0 Å². The molecule has 0 bridgehead atoms. The van der Waals surface area contributed by atoms with Crippen molar-refractivity contribution >= 4 is 171 Å². The number of imidazole rings is 4. The van der Waals surface area contributed by atoms with Gasteiger partial charge in [-0.3, -0.25) is 0 Å². The predicted molar refractivity (Wildman–Crippen MR) is 201 cm³/mol. The van der Waals surface area contributed by atoms with Crippen LogP contribution >= 0.6 is 0 Å². The Morgan fingerprint density at radius 3 is 0.894 bits per heavy atom. The van der Waals surface area contributed by atoms with Crippen molar-refractivity contribution in [1.82, 2.24) is 39.9 Å². The summed E-state index contributed by atoms with van der Waals surface area (Å²) in [6.07, 6.45) is 0. The first-order valence-corrected chi connectivity index (χ1v) is 20.2. The average molecular weight is 724 g/mol. The van der Waals surface area contributed by atoms with Crippen LogP contribution in [-0.4, -0.2) is 174 Å². The van der Waals surface area contributed by atoms with Gasteiger partial charge in [-0.2, -0.15) is 0 Å². The molecule has 0 aliphatic rings. The average Bonchev–Trinajstić information content (AvgIpc) is 3.72. The molecule has 47 heavy (non-hydrogen) atoms. The van der Waals surface area contributed by atoms with Gasteiger partial charge in [-0.05, 0) is 0 Å². The molecule has 6 aromatic rings. The molecule has 0 spiro atoms. The van der Waals surface area contributed by atoms with Gasteiger partial charge in [0.15, 0.2) is 0 Å². The first-order chi connectivity index (χ1) is 22.2. The molecule has 0 fully saturated rings. The van der Waals surface area contributed by atoms with Crippen LogP contribution in [0.3, 0.4) is 0 Å². The van der Waals surface area contributed by atoms with Gasteiger partial charge in [-0.1, -0.05) is 0 Å². The fourth-order valence-corrected chi connectivity index (χ4v) is 9.11. The summed E-state index contributed by atoms with van der Waals surface area (Å²) in [5.41, 5.74) is 13.3. The van der Waals surface area contributed by atoms with Crippen LogP contribution in [0.5, 0.6) is 0 Å². The van der Waals surface area contributed by atoms with Gasteiger partial charge < -0.3 is 0 Å². The molecule has 4 N–H and O–H groups in total. The Bertz CT molecular complexity index is 2140. The van der Waals surface area contributed by atoms with Gasteiger partial charge in [0.1, 0.15) is 0 Å². The van der Waals surface area contributed by atoms with Crippen LogP contribution in [0.4, 0.5) is 0 Å². The molecule has 6 rings (SSSR count). The summed E-state index contributed by atoms with van der Waals surface area (Å²) >= 11 is 19.1. The molecule has 16 heteroatoms. The van der Waals surface area contributed by atoms with Crippen LogP contribution in [0, 0.1) is 41.5 Å². The molecule has 4 aromatic heterocycles. The number of H-pyrrole nitrogens is 4. The summed E-state index contributed by atoms with van der Waals surface area (Å²) in [7, 11) is 0. The van der Waals surface area contributed by atoms with E-state index in [-0.39, 0.29) is 14.8 Å². The normalized spacial score (nSPS) is 11.4. The van der Waals surface area contributed by atoms with E-state index in [1.807, 2.05) is 0 Å². The first-order valence-electron chi connectivity index (χ1n) is 14.8. The van der Waals surface area contributed by atoms with Crippen molar-refractivity contribution in [2.45, 2.75) is 41.5 Å². The van der Waals surface area contributed by atoms with Gasteiger partial charge in [0.2, 0.25) is 65.2 Å². The maximum absolute atomic E-state index is 5.08. The number of aromatic amines is 4. The molecule has 0 aliphatic carbocycles. The molecule has 14 radical (unpaired) electrons. The second-order valence-corrected chi connectivity index (χ2v) is 16.6. The molecular formula is C31H24Al8N8. The summed E-state index contributed by atoms with van der Waals surface area (Å²) < 4.78 is 7.40. The predicted octanol–water partition coefficient (Wildman–Crippen LogP) is -2.92. The second-order valence-electron chi connectivity index (χ2n) is 11.7. The van der Waals surface area contributed by atoms with E-state index in [4.69, 9.17) is 19.9 Å². The second kappa shape index (κ2) is 13.9. The van der Waals surface area contributed by atoms with Crippen molar-refractivity contribution < 1.29 is 0 Å². The summed E-state index contributed by atoms with van der Waals surface area (Å²) in [5, 5.41) is 4.19. The minimum absolute atomic E-state index is 0.205. The quantitative estimate of drug-likeness (QED) is 0.138. The molecule has 0 saturated carbocycles. The Labute approximate surface area is 338 Å². The fraction of sp³-hybridized carbons (Fsp3) is 0.194. The van der Waals surface area contributed by atoms with Crippen LogP contribution in [0.1, 0.15) is 33.4 Å².